The number of anilines is 4. The van der Waals surface area contributed by atoms with Crippen LogP contribution in [-0.2, 0) is 0 Å². The first-order valence-electron chi connectivity index (χ1n) is 10.2. The molecule has 3 heterocycles. The summed E-state index contributed by atoms with van der Waals surface area (Å²) in [5.41, 5.74) is 1.91. The maximum absolute atomic E-state index is 13.3. The lowest BCUT2D eigenvalue weighted by atomic mass is 10.1. The molecule has 0 aliphatic heterocycles. The molecule has 0 unspecified atom stereocenters. The molecule has 3 N–H and O–H groups in total. The summed E-state index contributed by atoms with van der Waals surface area (Å²) in [5.74, 6) is 0.489. The van der Waals surface area contributed by atoms with E-state index < -0.39 is 5.82 Å². The normalized spacial score (nSPS) is 10.2. The number of nitriles is 1. The van der Waals surface area contributed by atoms with Crippen LogP contribution < -0.4 is 20.7 Å². The van der Waals surface area contributed by atoms with Gasteiger partial charge in [-0.25, -0.2) is 29.3 Å². The van der Waals surface area contributed by atoms with E-state index in [9.17, 15) is 9.18 Å². The van der Waals surface area contributed by atoms with Gasteiger partial charge in [0.05, 0.1) is 54.4 Å². The molecular weight excluding hydrogens is 453 g/mol. The van der Waals surface area contributed by atoms with Crippen molar-refractivity contribution in [2.45, 2.75) is 0 Å². The Balaban J connectivity index is 1.72. The van der Waals surface area contributed by atoms with Crippen molar-refractivity contribution in [2.24, 2.45) is 0 Å². The van der Waals surface area contributed by atoms with Crippen LogP contribution in [0.25, 0.3) is 11.4 Å². The van der Waals surface area contributed by atoms with E-state index in [-0.39, 0.29) is 23.0 Å². The Morgan fingerprint density at radius 2 is 1.74 bits per heavy atom. The lowest BCUT2D eigenvalue weighted by Gasteiger charge is -2.17. The van der Waals surface area contributed by atoms with Crippen LogP contribution in [0.5, 0.6) is 5.75 Å². The maximum atomic E-state index is 13.3. The molecule has 4 rings (SSSR count). The number of halogens is 1. The first kappa shape index (κ1) is 23.0. The number of amides is 1. The van der Waals surface area contributed by atoms with Crippen molar-refractivity contribution in [3.63, 3.8) is 0 Å². The summed E-state index contributed by atoms with van der Waals surface area (Å²) in [6, 6.07) is 8.75. The first-order chi connectivity index (χ1) is 17.0. The molecule has 0 spiro atoms. The van der Waals surface area contributed by atoms with Crippen LogP contribution >= 0.6 is 0 Å². The molecular formula is C23H18FN9O2. The molecule has 0 bridgehead atoms. The van der Waals surface area contributed by atoms with Crippen LogP contribution in [0.15, 0.2) is 55.2 Å². The number of nitrogens with one attached hydrogen (secondary N) is 3. The third-order valence-electron chi connectivity index (χ3n) is 4.75. The van der Waals surface area contributed by atoms with Gasteiger partial charge in [0, 0.05) is 19.3 Å². The average Bonchev–Trinajstić information content (AvgIpc) is 2.89. The molecule has 174 valence electrons. The highest BCUT2D eigenvalue weighted by Crippen LogP contribution is 2.37. The number of para-hydroxylation sites is 1. The van der Waals surface area contributed by atoms with Crippen molar-refractivity contribution in [3.05, 3.63) is 72.3 Å². The number of aromatic nitrogens is 5. The molecule has 1 amide bonds. The van der Waals surface area contributed by atoms with Crippen molar-refractivity contribution in [1.82, 2.24) is 30.2 Å². The molecule has 0 saturated heterocycles. The standard InChI is InChI=1S/C23H18FN9O2/c1-26-23(34)16-11-29-19(33-20-12-27-14(7-25)10-28-20)6-18(16)32-17-5-3-4-15(21(17)35-2)22-30-8-13(24)9-31-22/h3-6,8-12H,1-2H3,(H,26,34)(H2,28,29,32,33). The number of carbonyl (C=O) groups is 1. The number of hydrogen-bond acceptors (Lipinski definition) is 10. The van der Waals surface area contributed by atoms with Gasteiger partial charge < -0.3 is 20.7 Å². The van der Waals surface area contributed by atoms with Gasteiger partial charge in [-0.05, 0) is 12.1 Å². The van der Waals surface area contributed by atoms with Gasteiger partial charge in [-0.2, -0.15) is 5.26 Å². The van der Waals surface area contributed by atoms with Crippen molar-refractivity contribution < 1.29 is 13.9 Å². The van der Waals surface area contributed by atoms with Crippen LogP contribution in [-0.4, -0.2) is 45.0 Å². The molecule has 0 fully saturated rings. The van der Waals surface area contributed by atoms with Crippen molar-refractivity contribution >= 4 is 28.9 Å². The second-order valence-electron chi connectivity index (χ2n) is 6.95. The molecule has 12 heteroatoms. The molecule has 35 heavy (non-hydrogen) atoms. The Hall–Kier alpha value is -5.18. The second-order valence-corrected chi connectivity index (χ2v) is 6.95. The topological polar surface area (TPSA) is 151 Å². The fourth-order valence-electron chi connectivity index (χ4n) is 3.15. The number of rotatable bonds is 7. The van der Waals surface area contributed by atoms with E-state index in [0.29, 0.717) is 34.3 Å². The summed E-state index contributed by atoms with van der Waals surface area (Å²) in [4.78, 5) is 32.9. The molecule has 0 atom stereocenters. The first-order valence-corrected chi connectivity index (χ1v) is 10.2. The quantitative estimate of drug-likeness (QED) is 0.366. The highest BCUT2D eigenvalue weighted by Gasteiger charge is 2.17. The van der Waals surface area contributed by atoms with Crippen molar-refractivity contribution in [2.75, 3.05) is 24.8 Å². The molecule has 0 aliphatic carbocycles. The van der Waals surface area contributed by atoms with Crippen LogP contribution in [0, 0.1) is 17.1 Å². The SMILES string of the molecule is CNC(=O)c1cnc(Nc2cnc(C#N)cn2)cc1Nc1cccc(-c2ncc(F)cn2)c1OC. The lowest BCUT2D eigenvalue weighted by Crippen LogP contribution is -2.19. The number of hydrogen-bond donors (Lipinski definition) is 3. The number of ether oxygens (including phenoxy) is 1. The Kier molecular flexibility index (Phi) is 6.68. The average molecular weight is 471 g/mol. The van der Waals surface area contributed by atoms with Gasteiger partial charge in [0.25, 0.3) is 5.91 Å². The molecule has 11 nitrogen and oxygen atoms in total. The third kappa shape index (κ3) is 5.09. The van der Waals surface area contributed by atoms with E-state index >= 15 is 0 Å². The summed E-state index contributed by atoms with van der Waals surface area (Å²) in [6.07, 6.45) is 6.26. The van der Waals surface area contributed by atoms with Gasteiger partial charge in [-0.3, -0.25) is 4.79 Å². The van der Waals surface area contributed by atoms with Crippen LogP contribution in [0.2, 0.25) is 0 Å². The number of carbonyl (C=O) groups excluding carboxylic acids is 1. The number of nitrogens with zero attached hydrogens (tertiary/aromatic N) is 6. The van der Waals surface area contributed by atoms with Gasteiger partial charge in [0.2, 0.25) is 0 Å². The third-order valence-corrected chi connectivity index (χ3v) is 4.75. The van der Waals surface area contributed by atoms with Crippen molar-refractivity contribution in [1.29, 1.82) is 5.26 Å². The minimum absolute atomic E-state index is 0.179. The molecule has 0 radical (unpaired) electrons. The highest BCUT2D eigenvalue weighted by atomic mass is 19.1. The van der Waals surface area contributed by atoms with E-state index in [0.717, 1.165) is 12.4 Å². The van der Waals surface area contributed by atoms with Crippen LogP contribution in [0.3, 0.4) is 0 Å². The molecule has 0 saturated carbocycles. The van der Waals surface area contributed by atoms with Crippen LogP contribution in [0.4, 0.5) is 27.4 Å². The van der Waals surface area contributed by atoms with E-state index in [1.165, 1.54) is 32.7 Å². The predicted octanol–water partition coefficient (Wildman–Crippen LogP) is 3.19. The Morgan fingerprint density at radius 3 is 2.40 bits per heavy atom. The second kappa shape index (κ2) is 10.2. The predicted molar refractivity (Wildman–Crippen MR) is 125 cm³/mol. The Morgan fingerprint density at radius 1 is 0.971 bits per heavy atom. The summed E-state index contributed by atoms with van der Waals surface area (Å²) in [5, 5.41) is 17.6. The fraction of sp³-hybridized carbons (Fsp3) is 0.0870. The highest BCUT2D eigenvalue weighted by molar-refractivity contribution is 6.00. The van der Waals surface area contributed by atoms with E-state index in [2.05, 4.69) is 40.9 Å². The van der Waals surface area contributed by atoms with Gasteiger partial charge in [-0.1, -0.05) is 6.07 Å². The number of pyridine rings is 1. The van der Waals surface area contributed by atoms with E-state index in [4.69, 9.17) is 10.00 Å². The summed E-state index contributed by atoms with van der Waals surface area (Å²) in [6.45, 7) is 0. The lowest BCUT2D eigenvalue weighted by molar-refractivity contribution is 0.0963. The molecule has 0 aliphatic rings. The minimum Gasteiger partial charge on any atom is -0.494 e. The minimum atomic E-state index is -0.555. The Labute approximate surface area is 199 Å². The Bertz CT molecular complexity index is 1400. The van der Waals surface area contributed by atoms with E-state index in [1.807, 2.05) is 6.07 Å². The maximum Gasteiger partial charge on any atom is 0.254 e. The van der Waals surface area contributed by atoms with Gasteiger partial charge >= 0.3 is 0 Å². The zero-order chi connectivity index (χ0) is 24.8. The van der Waals surface area contributed by atoms with E-state index in [1.54, 1.807) is 24.3 Å². The van der Waals surface area contributed by atoms with Crippen molar-refractivity contribution in [3.8, 4) is 23.2 Å². The van der Waals surface area contributed by atoms with Gasteiger partial charge in [0.1, 0.15) is 17.7 Å². The largest absolute Gasteiger partial charge is 0.494 e. The van der Waals surface area contributed by atoms with Gasteiger partial charge in [-0.15, -0.1) is 0 Å². The molecule has 3 aromatic heterocycles. The molecule has 1 aromatic carbocycles. The number of methoxy groups -OCH3 is 1. The smallest absolute Gasteiger partial charge is 0.254 e. The zero-order valence-corrected chi connectivity index (χ0v) is 18.6. The van der Waals surface area contributed by atoms with Crippen LogP contribution in [0.1, 0.15) is 16.1 Å². The number of benzene rings is 1. The fourth-order valence-corrected chi connectivity index (χ4v) is 3.15. The monoisotopic (exact) mass is 471 g/mol. The summed E-state index contributed by atoms with van der Waals surface area (Å²) >= 11 is 0. The molecule has 4 aromatic rings. The summed E-state index contributed by atoms with van der Waals surface area (Å²) < 4.78 is 18.9. The van der Waals surface area contributed by atoms with Gasteiger partial charge in [0.15, 0.2) is 23.1 Å². The zero-order valence-electron chi connectivity index (χ0n) is 18.6. The summed E-state index contributed by atoms with van der Waals surface area (Å²) in [7, 11) is 2.99.